The number of ether oxygens (including phenoxy) is 1. The van der Waals surface area contributed by atoms with E-state index in [0.29, 0.717) is 6.42 Å². The Morgan fingerprint density at radius 1 is 1.12 bits per heavy atom. The van der Waals surface area contributed by atoms with Gasteiger partial charge in [0.05, 0.1) is 13.7 Å². The van der Waals surface area contributed by atoms with E-state index < -0.39 is 23.9 Å². The molecule has 1 atom stereocenters. The van der Waals surface area contributed by atoms with E-state index in [0.717, 1.165) is 5.56 Å². The summed E-state index contributed by atoms with van der Waals surface area (Å²) in [5.74, 6) is -1.18. The van der Waals surface area contributed by atoms with Crippen LogP contribution in [-0.2, 0) is 20.9 Å². The van der Waals surface area contributed by atoms with Crippen LogP contribution in [0.3, 0.4) is 0 Å². The molecule has 25 heavy (non-hydrogen) atoms. The van der Waals surface area contributed by atoms with Gasteiger partial charge in [-0.15, -0.1) is 0 Å². The van der Waals surface area contributed by atoms with E-state index in [1.165, 1.54) is 19.2 Å². The van der Waals surface area contributed by atoms with Crippen LogP contribution in [0.25, 0.3) is 0 Å². The number of esters is 1. The molecule has 8 heteroatoms. The molecule has 0 aliphatic carbocycles. The highest BCUT2D eigenvalue weighted by Crippen LogP contribution is 2.06. The zero-order chi connectivity index (χ0) is 18.8. The Kier molecular flexibility index (Phi) is 8.38. The Hall–Kier alpha value is -2.64. The highest BCUT2D eigenvalue weighted by Gasteiger charge is 2.22. The van der Waals surface area contributed by atoms with Gasteiger partial charge in [0.2, 0.25) is 5.91 Å². The van der Waals surface area contributed by atoms with Crippen LogP contribution in [0.15, 0.2) is 24.3 Å². The Balaban J connectivity index is 2.37. The molecule has 1 aromatic carbocycles. The lowest BCUT2D eigenvalue weighted by Gasteiger charge is -2.18. The summed E-state index contributed by atoms with van der Waals surface area (Å²) < 4.78 is 17.4. The fraction of sp³-hybridized carbons (Fsp3) is 0.471. The van der Waals surface area contributed by atoms with E-state index in [4.69, 9.17) is 0 Å². The fourth-order valence-corrected chi connectivity index (χ4v) is 2.08. The maximum atomic E-state index is 12.8. The summed E-state index contributed by atoms with van der Waals surface area (Å²) in [6.07, 6.45) is 0.440. The van der Waals surface area contributed by atoms with E-state index in [2.05, 4.69) is 20.7 Å². The van der Waals surface area contributed by atoms with Crippen LogP contribution in [0.5, 0.6) is 0 Å². The van der Waals surface area contributed by atoms with Crippen LogP contribution in [0, 0.1) is 11.7 Å². The first-order valence-corrected chi connectivity index (χ1v) is 7.95. The number of methoxy groups -OCH3 is 1. The molecule has 1 rings (SSSR count). The van der Waals surface area contributed by atoms with Crippen LogP contribution < -0.4 is 16.0 Å². The van der Waals surface area contributed by atoms with Crippen molar-refractivity contribution in [2.45, 2.75) is 32.9 Å². The molecule has 0 aliphatic heterocycles. The minimum Gasteiger partial charge on any atom is -0.467 e. The van der Waals surface area contributed by atoms with Crippen LogP contribution in [-0.4, -0.2) is 37.6 Å². The van der Waals surface area contributed by atoms with E-state index >= 15 is 0 Å². The van der Waals surface area contributed by atoms with Gasteiger partial charge in [0, 0.05) is 6.54 Å². The number of carbonyl (C=O) groups excluding carboxylic acids is 3. The quantitative estimate of drug-likeness (QED) is 0.614. The van der Waals surface area contributed by atoms with Crippen LogP contribution in [0.4, 0.5) is 9.18 Å². The maximum Gasteiger partial charge on any atom is 0.328 e. The monoisotopic (exact) mass is 353 g/mol. The number of nitrogens with one attached hydrogen (secondary N) is 3. The number of benzene rings is 1. The van der Waals surface area contributed by atoms with Gasteiger partial charge in [-0.05, 0) is 30.0 Å². The van der Waals surface area contributed by atoms with Crippen molar-refractivity contribution in [2.24, 2.45) is 5.92 Å². The molecule has 0 unspecified atom stereocenters. The fourth-order valence-electron chi connectivity index (χ4n) is 2.08. The normalized spacial score (nSPS) is 11.6. The van der Waals surface area contributed by atoms with Crippen molar-refractivity contribution in [2.75, 3.05) is 13.7 Å². The second-order valence-electron chi connectivity index (χ2n) is 5.94. The van der Waals surface area contributed by atoms with Crippen molar-refractivity contribution in [3.05, 3.63) is 35.6 Å². The van der Waals surface area contributed by atoms with Gasteiger partial charge in [-0.2, -0.15) is 0 Å². The molecule has 0 aliphatic rings. The molecule has 1 aromatic rings. The van der Waals surface area contributed by atoms with Crippen molar-refractivity contribution >= 4 is 17.9 Å². The van der Waals surface area contributed by atoms with E-state index in [1.54, 1.807) is 12.1 Å². The standard InChI is InChI=1S/C17H24FN3O4/c1-11(2)8-14(16(23)25-3)21-15(22)10-20-17(24)19-9-12-4-6-13(18)7-5-12/h4-7,11,14H,8-10H2,1-3H3,(H,21,22)(H2,19,20,24)/t14-/m0/s1. The molecule has 0 heterocycles. The molecule has 0 saturated heterocycles. The minimum atomic E-state index is -0.749. The zero-order valence-electron chi connectivity index (χ0n) is 14.6. The third kappa shape index (κ3) is 8.14. The molecule has 0 aromatic heterocycles. The molecule has 7 nitrogen and oxygen atoms in total. The molecule has 0 saturated carbocycles. The van der Waals surface area contributed by atoms with Gasteiger partial charge in [0.15, 0.2) is 0 Å². The summed E-state index contributed by atoms with van der Waals surface area (Å²) >= 11 is 0. The van der Waals surface area contributed by atoms with Crippen molar-refractivity contribution in [1.29, 1.82) is 0 Å². The van der Waals surface area contributed by atoms with Crippen molar-refractivity contribution in [3.8, 4) is 0 Å². The molecule has 3 N–H and O–H groups in total. The molecule has 0 spiro atoms. The van der Waals surface area contributed by atoms with Gasteiger partial charge in [0.25, 0.3) is 0 Å². The molecule has 0 radical (unpaired) electrons. The molecule has 0 fully saturated rings. The predicted molar refractivity (Wildman–Crippen MR) is 90.0 cm³/mol. The van der Waals surface area contributed by atoms with Crippen molar-refractivity contribution in [3.63, 3.8) is 0 Å². The number of hydrogen-bond acceptors (Lipinski definition) is 4. The van der Waals surface area contributed by atoms with Crippen molar-refractivity contribution < 1.29 is 23.5 Å². The van der Waals surface area contributed by atoms with E-state index in [1.807, 2.05) is 13.8 Å². The van der Waals surface area contributed by atoms with Gasteiger partial charge in [-0.25, -0.2) is 14.0 Å². The van der Waals surface area contributed by atoms with Crippen LogP contribution in [0.1, 0.15) is 25.8 Å². The van der Waals surface area contributed by atoms with E-state index in [9.17, 15) is 18.8 Å². The van der Waals surface area contributed by atoms with Crippen molar-refractivity contribution in [1.82, 2.24) is 16.0 Å². The first kappa shape index (κ1) is 20.4. The second kappa shape index (κ2) is 10.3. The maximum absolute atomic E-state index is 12.8. The largest absolute Gasteiger partial charge is 0.467 e. The number of halogens is 1. The molecule has 138 valence electrons. The highest BCUT2D eigenvalue weighted by molar-refractivity contribution is 5.87. The third-order valence-electron chi connectivity index (χ3n) is 3.30. The summed E-state index contributed by atoms with van der Waals surface area (Å²) in [4.78, 5) is 35.2. The summed E-state index contributed by atoms with van der Waals surface area (Å²) in [7, 11) is 1.25. The topological polar surface area (TPSA) is 96.5 Å². The number of hydrogen-bond donors (Lipinski definition) is 3. The SMILES string of the molecule is COC(=O)[C@H](CC(C)C)NC(=O)CNC(=O)NCc1ccc(F)cc1. The predicted octanol–water partition coefficient (Wildman–Crippen LogP) is 1.33. The van der Waals surface area contributed by atoms with Gasteiger partial charge in [0.1, 0.15) is 11.9 Å². The second-order valence-corrected chi connectivity index (χ2v) is 5.94. The number of urea groups is 1. The Labute approximate surface area is 146 Å². The molecular weight excluding hydrogens is 329 g/mol. The summed E-state index contributed by atoms with van der Waals surface area (Å²) in [6, 6.07) is 4.40. The molecule has 3 amide bonds. The average molecular weight is 353 g/mol. The lowest BCUT2D eigenvalue weighted by atomic mass is 10.0. The number of rotatable bonds is 8. The zero-order valence-corrected chi connectivity index (χ0v) is 14.6. The molecular formula is C17H24FN3O4. The number of carbonyl (C=O) groups is 3. The van der Waals surface area contributed by atoms with Crippen LogP contribution in [0.2, 0.25) is 0 Å². The summed E-state index contributed by atoms with van der Waals surface area (Å²) in [5.41, 5.74) is 0.726. The lowest BCUT2D eigenvalue weighted by molar-refractivity contribution is -0.145. The Bertz CT molecular complexity index is 590. The molecule has 0 bridgehead atoms. The van der Waals surface area contributed by atoms with Gasteiger partial charge >= 0.3 is 12.0 Å². The highest BCUT2D eigenvalue weighted by atomic mass is 19.1. The Morgan fingerprint density at radius 2 is 1.76 bits per heavy atom. The average Bonchev–Trinajstić information content (AvgIpc) is 2.57. The minimum absolute atomic E-state index is 0.191. The Morgan fingerprint density at radius 3 is 2.32 bits per heavy atom. The van der Waals surface area contributed by atoms with Gasteiger partial charge < -0.3 is 20.7 Å². The van der Waals surface area contributed by atoms with Gasteiger partial charge in [-0.3, -0.25) is 4.79 Å². The number of amides is 3. The van der Waals surface area contributed by atoms with Gasteiger partial charge in [-0.1, -0.05) is 26.0 Å². The first-order chi connectivity index (χ1) is 11.8. The smallest absolute Gasteiger partial charge is 0.328 e. The van der Waals surface area contributed by atoms with E-state index in [-0.39, 0.29) is 24.8 Å². The summed E-state index contributed by atoms with van der Waals surface area (Å²) in [6.45, 7) is 3.76. The summed E-state index contributed by atoms with van der Waals surface area (Å²) in [5, 5.41) is 7.48. The van der Waals surface area contributed by atoms with Crippen LogP contribution >= 0.6 is 0 Å². The third-order valence-corrected chi connectivity index (χ3v) is 3.30. The first-order valence-electron chi connectivity index (χ1n) is 7.95. The lowest BCUT2D eigenvalue weighted by Crippen LogP contribution is -2.47.